The summed E-state index contributed by atoms with van der Waals surface area (Å²) in [7, 11) is -3.81. The highest BCUT2D eigenvalue weighted by Gasteiger charge is 2.32. The first kappa shape index (κ1) is 18.3. The lowest BCUT2D eigenvalue weighted by atomic mass is 9.94. The van der Waals surface area contributed by atoms with Gasteiger partial charge in [0, 0.05) is 29.6 Å². The number of aryl methyl sites for hydroxylation is 2. The maximum absolute atomic E-state index is 12.8. The van der Waals surface area contributed by atoms with Crippen molar-refractivity contribution in [2.75, 3.05) is 13.1 Å². The number of sulfonamides is 1. The number of H-pyrrole nitrogens is 1. The maximum Gasteiger partial charge on any atom is 0.261 e. The highest BCUT2D eigenvalue weighted by atomic mass is 32.2. The number of nitrogens with zero attached hydrogens (tertiary/aromatic N) is 2. The average Bonchev–Trinajstić information content (AvgIpc) is 3.01. The van der Waals surface area contributed by atoms with Gasteiger partial charge in [-0.05, 0) is 31.4 Å². The van der Waals surface area contributed by atoms with Crippen LogP contribution in [0, 0.1) is 13.8 Å². The number of hydrogen-bond acceptors (Lipinski definition) is 5. The molecule has 0 fully saturated rings. The third-order valence-electron chi connectivity index (χ3n) is 4.81. The lowest BCUT2D eigenvalue weighted by Gasteiger charge is -2.27. The highest BCUT2D eigenvalue weighted by Crippen LogP contribution is 2.29. The van der Waals surface area contributed by atoms with Gasteiger partial charge in [0.1, 0.15) is 4.90 Å². The number of aromatic amines is 1. The van der Waals surface area contributed by atoms with Crippen LogP contribution in [-0.4, -0.2) is 48.4 Å². The van der Waals surface area contributed by atoms with Crippen LogP contribution in [0.2, 0.25) is 0 Å². The van der Waals surface area contributed by atoms with E-state index in [1.165, 1.54) is 0 Å². The maximum atomic E-state index is 12.8. The van der Waals surface area contributed by atoms with E-state index in [1.54, 1.807) is 38.1 Å². The largest absolute Gasteiger partial charge is 0.281 e. The van der Waals surface area contributed by atoms with Crippen LogP contribution in [0.5, 0.6) is 0 Å². The Kier molecular flexibility index (Phi) is 4.28. The van der Waals surface area contributed by atoms with E-state index in [0.717, 1.165) is 10.3 Å². The summed E-state index contributed by atoms with van der Waals surface area (Å²) in [5.74, 6) is -0.853. The second-order valence-corrected chi connectivity index (χ2v) is 8.34. The molecule has 0 atom stereocenters. The van der Waals surface area contributed by atoms with Crippen LogP contribution in [0.15, 0.2) is 41.3 Å². The van der Waals surface area contributed by atoms with Crippen molar-refractivity contribution in [3.05, 3.63) is 58.9 Å². The first-order valence-corrected chi connectivity index (χ1v) is 10.2. The molecule has 0 spiro atoms. The third-order valence-corrected chi connectivity index (χ3v) is 6.54. The number of amides is 2. The number of hydrogen-bond donors (Lipinski definition) is 2. The molecule has 4 rings (SSSR count). The van der Waals surface area contributed by atoms with E-state index in [4.69, 9.17) is 0 Å². The Labute approximate surface area is 161 Å². The van der Waals surface area contributed by atoms with E-state index >= 15 is 0 Å². The molecule has 0 bridgehead atoms. The first-order valence-electron chi connectivity index (χ1n) is 8.70. The Morgan fingerprint density at radius 3 is 2.18 bits per heavy atom. The molecule has 2 heterocycles. The fraction of sp³-hybridized carbons (Fsp3) is 0.211. The molecule has 2 N–H and O–H groups in total. The van der Waals surface area contributed by atoms with Crippen LogP contribution in [0.4, 0.5) is 0 Å². The van der Waals surface area contributed by atoms with Gasteiger partial charge in [-0.15, -0.1) is 0 Å². The van der Waals surface area contributed by atoms with Gasteiger partial charge < -0.3 is 0 Å². The molecule has 2 aromatic carbocycles. The summed E-state index contributed by atoms with van der Waals surface area (Å²) >= 11 is 0. The van der Waals surface area contributed by atoms with Gasteiger partial charge in [0.05, 0.1) is 11.4 Å². The van der Waals surface area contributed by atoms with Crippen molar-refractivity contribution in [1.82, 2.24) is 19.8 Å². The van der Waals surface area contributed by atoms with Crippen molar-refractivity contribution in [2.45, 2.75) is 18.7 Å². The van der Waals surface area contributed by atoms with Crippen LogP contribution in [-0.2, 0) is 10.0 Å². The predicted octanol–water partition coefficient (Wildman–Crippen LogP) is 1.75. The van der Waals surface area contributed by atoms with Crippen molar-refractivity contribution in [3.8, 4) is 0 Å². The van der Waals surface area contributed by atoms with Gasteiger partial charge >= 0.3 is 0 Å². The topological polar surface area (TPSA) is 112 Å². The number of carbonyl (C=O) groups is 2. The molecule has 0 saturated heterocycles. The van der Waals surface area contributed by atoms with Crippen LogP contribution < -0.4 is 4.72 Å². The zero-order chi connectivity index (χ0) is 20.1. The number of benzene rings is 2. The van der Waals surface area contributed by atoms with E-state index in [9.17, 15) is 18.0 Å². The Morgan fingerprint density at radius 1 is 1.04 bits per heavy atom. The van der Waals surface area contributed by atoms with Crippen LogP contribution in [0.3, 0.4) is 0 Å². The number of imide groups is 1. The average molecular weight is 398 g/mol. The molecule has 0 aliphatic carbocycles. The molecule has 1 aliphatic rings. The minimum absolute atomic E-state index is 0.0719. The highest BCUT2D eigenvalue weighted by molar-refractivity contribution is 7.89. The third kappa shape index (κ3) is 2.79. The molecule has 2 amide bonds. The van der Waals surface area contributed by atoms with Crippen LogP contribution >= 0.6 is 0 Å². The first-order chi connectivity index (χ1) is 13.3. The smallest absolute Gasteiger partial charge is 0.261 e. The predicted molar refractivity (Wildman–Crippen MR) is 103 cm³/mol. The number of carbonyl (C=O) groups excluding carboxylic acids is 2. The Balaban J connectivity index is 1.57. The van der Waals surface area contributed by atoms with Gasteiger partial charge in [-0.3, -0.25) is 19.6 Å². The molecule has 28 heavy (non-hydrogen) atoms. The zero-order valence-electron chi connectivity index (χ0n) is 15.3. The van der Waals surface area contributed by atoms with Crippen molar-refractivity contribution in [3.63, 3.8) is 0 Å². The zero-order valence-corrected chi connectivity index (χ0v) is 16.1. The minimum atomic E-state index is -3.81. The Bertz CT molecular complexity index is 1160. The molecular weight excluding hydrogens is 380 g/mol. The van der Waals surface area contributed by atoms with Gasteiger partial charge in [0.15, 0.2) is 0 Å². The molecule has 0 unspecified atom stereocenters. The molecule has 144 valence electrons. The van der Waals surface area contributed by atoms with Gasteiger partial charge in [0.25, 0.3) is 11.8 Å². The normalized spacial score (nSPS) is 14.1. The van der Waals surface area contributed by atoms with E-state index in [-0.39, 0.29) is 18.0 Å². The van der Waals surface area contributed by atoms with Crippen molar-refractivity contribution in [2.24, 2.45) is 0 Å². The Hall–Kier alpha value is -3.04. The van der Waals surface area contributed by atoms with Crippen molar-refractivity contribution in [1.29, 1.82) is 0 Å². The Morgan fingerprint density at radius 2 is 1.64 bits per heavy atom. The molecule has 0 saturated carbocycles. The van der Waals surface area contributed by atoms with E-state index < -0.39 is 21.8 Å². The van der Waals surface area contributed by atoms with Gasteiger partial charge in [-0.2, -0.15) is 5.10 Å². The summed E-state index contributed by atoms with van der Waals surface area (Å²) in [4.78, 5) is 26.8. The fourth-order valence-electron chi connectivity index (χ4n) is 3.58. The van der Waals surface area contributed by atoms with Gasteiger partial charge in [-0.25, -0.2) is 13.1 Å². The standard InChI is InChI=1S/C19H18N4O4S/c1-11-17(12(2)22-21-11)28(26,27)20-9-10-23-18(24)14-7-3-5-13-6-4-8-15(16(13)14)19(23)25/h3-8,20H,9-10H2,1-2H3,(H,21,22). The minimum Gasteiger partial charge on any atom is -0.281 e. The second kappa shape index (κ2) is 6.54. The van der Waals surface area contributed by atoms with Gasteiger partial charge in [-0.1, -0.05) is 24.3 Å². The SMILES string of the molecule is Cc1n[nH]c(C)c1S(=O)(=O)NCCN1C(=O)c2cccc3cccc(c23)C1=O. The molecule has 9 heteroatoms. The molecule has 1 aliphatic heterocycles. The summed E-state index contributed by atoms with van der Waals surface area (Å²) < 4.78 is 27.5. The molecule has 3 aromatic rings. The number of aromatic nitrogens is 2. The summed E-state index contributed by atoms with van der Waals surface area (Å²) in [5, 5.41) is 7.98. The number of nitrogens with one attached hydrogen (secondary N) is 2. The molecular formula is C19H18N4O4S. The van der Waals surface area contributed by atoms with Crippen LogP contribution in [0.1, 0.15) is 32.1 Å². The van der Waals surface area contributed by atoms with Crippen LogP contribution in [0.25, 0.3) is 10.8 Å². The number of rotatable bonds is 5. The van der Waals surface area contributed by atoms with E-state index in [0.29, 0.717) is 27.9 Å². The van der Waals surface area contributed by atoms with Gasteiger partial charge in [0.2, 0.25) is 10.0 Å². The monoisotopic (exact) mass is 398 g/mol. The molecule has 0 radical (unpaired) electrons. The molecule has 8 nitrogen and oxygen atoms in total. The summed E-state index contributed by atoms with van der Waals surface area (Å²) in [5.41, 5.74) is 1.67. The summed E-state index contributed by atoms with van der Waals surface area (Å²) in [6.07, 6.45) is 0. The lowest BCUT2D eigenvalue weighted by molar-refractivity contribution is 0.0613. The lowest BCUT2D eigenvalue weighted by Crippen LogP contribution is -2.44. The van der Waals surface area contributed by atoms with Crippen molar-refractivity contribution >= 4 is 32.6 Å². The molecule has 1 aromatic heterocycles. The second-order valence-electron chi connectivity index (χ2n) is 6.63. The summed E-state index contributed by atoms with van der Waals surface area (Å²) in [6.45, 7) is 3.04. The van der Waals surface area contributed by atoms with Crippen molar-refractivity contribution < 1.29 is 18.0 Å². The van der Waals surface area contributed by atoms with E-state index in [2.05, 4.69) is 14.9 Å². The summed E-state index contributed by atoms with van der Waals surface area (Å²) in [6, 6.07) is 10.6. The van der Waals surface area contributed by atoms with E-state index in [1.807, 2.05) is 12.1 Å². The quantitative estimate of drug-likeness (QED) is 0.636. The fourth-order valence-corrected chi connectivity index (χ4v) is 4.97.